The van der Waals surface area contributed by atoms with Crippen LogP contribution in [0.5, 0.6) is 0 Å². The molecule has 8 heteroatoms. The summed E-state index contributed by atoms with van der Waals surface area (Å²) in [7, 11) is 0. The molecule has 0 bridgehead atoms. The number of carbonyl (C=O) groups is 1. The van der Waals surface area contributed by atoms with Crippen LogP contribution in [0, 0.1) is 5.82 Å². The van der Waals surface area contributed by atoms with Crippen LogP contribution in [0.4, 0.5) is 4.39 Å². The van der Waals surface area contributed by atoms with E-state index in [4.69, 9.17) is 4.52 Å². The molecule has 0 radical (unpaired) electrons. The highest BCUT2D eigenvalue weighted by molar-refractivity contribution is 5.79. The first-order chi connectivity index (χ1) is 12.2. The van der Waals surface area contributed by atoms with Crippen LogP contribution < -0.4 is 0 Å². The van der Waals surface area contributed by atoms with Gasteiger partial charge in [0, 0.05) is 25.5 Å². The van der Waals surface area contributed by atoms with Gasteiger partial charge in [0.1, 0.15) is 11.5 Å². The highest BCUT2D eigenvalue weighted by Gasteiger charge is 2.35. The Balaban J connectivity index is 1.35. The smallest absolute Gasteiger partial charge is 0.233 e. The van der Waals surface area contributed by atoms with Crippen molar-refractivity contribution in [3.63, 3.8) is 0 Å². The molecule has 3 aromatic rings. The van der Waals surface area contributed by atoms with E-state index in [0.29, 0.717) is 30.5 Å². The second-order valence-electron chi connectivity index (χ2n) is 5.85. The third kappa shape index (κ3) is 3.23. The Kier molecular flexibility index (Phi) is 3.93. The van der Waals surface area contributed by atoms with E-state index in [0.717, 1.165) is 5.56 Å². The van der Waals surface area contributed by atoms with Gasteiger partial charge in [0.05, 0.1) is 18.5 Å². The number of nitrogens with zero attached hydrogens (tertiary/aromatic N) is 5. The van der Waals surface area contributed by atoms with Crippen LogP contribution in [0.15, 0.2) is 47.4 Å². The van der Waals surface area contributed by atoms with E-state index in [1.165, 1.54) is 12.1 Å². The molecule has 4 rings (SSSR count). The number of benzene rings is 1. The summed E-state index contributed by atoms with van der Waals surface area (Å²) in [6.07, 6.45) is 4.95. The van der Waals surface area contributed by atoms with Crippen molar-refractivity contribution in [3.05, 3.63) is 60.1 Å². The van der Waals surface area contributed by atoms with Crippen molar-refractivity contribution in [1.82, 2.24) is 25.0 Å². The zero-order valence-electron chi connectivity index (χ0n) is 13.2. The highest BCUT2D eigenvalue weighted by Crippen LogP contribution is 2.27. The van der Waals surface area contributed by atoms with Crippen LogP contribution in [0.1, 0.15) is 17.4 Å². The van der Waals surface area contributed by atoms with E-state index in [9.17, 15) is 9.18 Å². The minimum Gasteiger partial charge on any atom is -0.341 e. The van der Waals surface area contributed by atoms with Gasteiger partial charge in [-0.15, -0.1) is 0 Å². The third-order valence-electron chi connectivity index (χ3n) is 4.09. The van der Waals surface area contributed by atoms with Gasteiger partial charge in [-0.3, -0.25) is 9.78 Å². The fourth-order valence-corrected chi connectivity index (χ4v) is 2.65. The Morgan fingerprint density at radius 3 is 2.76 bits per heavy atom. The maximum Gasteiger partial charge on any atom is 0.233 e. The lowest BCUT2D eigenvalue weighted by atomic mass is 9.99. The molecule has 25 heavy (non-hydrogen) atoms. The Labute approximate surface area is 142 Å². The van der Waals surface area contributed by atoms with Crippen LogP contribution in [-0.2, 0) is 11.2 Å². The van der Waals surface area contributed by atoms with Crippen molar-refractivity contribution in [2.75, 3.05) is 13.1 Å². The quantitative estimate of drug-likeness (QED) is 0.721. The lowest BCUT2D eigenvalue weighted by Gasteiger charge is -2.37. The molecule has 7 nitrogen and oxygen atoms in total. The van der Waals surface area contributed by atoms with Crippen molar-refractivity contribution in [2.45, 2.75) is 12.3 Å². The average molecular weight is 339 g/mol. The largest absolute Gasteiger partial charge is 0.341 e. The summed E-state index contributed by atoms with van der Waals surface area (Å²) in [5.41, 5.74) is 1.33. The predicted octanol–water partition coefficient (Wildman–Crippen LogP) is 1.83. The summed E-state index contributed by atoms with van der Waals surface area (Å²) < 4.78 is 18.2. The molecule has 0 atom stereocenters. The Bertz CT molecular complexity index is 876. The molecule has 1 amide bonds. The molecule has 2 aromatic heterocycles. The van der Waals surface area contributed by atoms with Crippen LogP contribution in [-0.4, -0.2) is 44.0 Å². The fourth-order valence-electron chi connectivity index (χ4n) is 2.65. The van der Waals surface area contributed by atoms with Gasteiger partial charge >= 0.3 is 0 Å². The summed E-state index contributed by atoms with van der Waals surface area (Å²) in [5.74, 6) is 0.591. The fraction of sp³-hybridized carbons (Fsp3) is 0.235. The van der Waals surface area contributed by atoms with Gasteiger partial charge in [0.2, 0.25) is 17.6 Å². The maximum atomic E-state index is 12.9. The normalized spacial score (nSPS) is 14.4. The summed E-state index contributed by atoms with van der Waals surface area (Å²) >= 11 is 0. The predicted molar refractivity (Wildman–Crippen MR) is 84.7 cm³/mol. The lowest BCUT2D eigenvalue weighted by Crippen LogP contribution is -2.49. The summed E-state index contributed by atoms with van der Waals surface area (Å²) in [4.78, 5) is 26.4. The first-order valence-electron chi connectivity index (χ1n) is 7.81. The summed E-state index contributed by atoms with van der Waals surface area (Å²) in [6.45, 7) is 1.06. The molecule has 1 saturated heterocycles. The molecule has 3 heterocycles. The number of hydrogen-bond acceptors (Lipinski definition) is 6. The minimum atomic E-state index is -0.310. The van der Waals surface area contributed by atoms with Gasteiger partial charge in [-0.05, 0) is 17.7 Å². The van der Waals surface area contributed by atoms with E-state index in [1.54, 1.807) is 35.6 Å². The average Bonchev–Trinajstić information content (AvgIpc) is 3.06. The lowest BCUT2D eigenvalue weighted by molar-refractivity contribution is -0.135. The molecule has 1 aliphatic rings. The van der Waals surface area contributed by atoms with E-state index >= 15 is 0 Å². The zero-order chi connectivity index (χ0) is 17.2. The van der Waals surface area contributed by atoms with Crippen LogP contribution in [0.3, 0.4) is 0 Å². The number of aromatic nitrogens is 4. The van der Waals surface area contributed by atoms with Gasteiger partial charge in [0.25, 0.3) is 0 Å². The van der Waals surface area contributed by atoms with Crippen molar-refractivity contribution in [2.24, 2.45) is 0 Å². The van der Waals surface area contributed by atoms with Gasteiger partial charge in [-0.1, -0.05) is 17.3 Å². The van der Waals surface area contributed by atoms with Gasteiger partial charge in [0.15, 0.2) is 0 Å². The SMILES string of the molecule is O=C(Cc1ccc(F)cc1)N1CC(c2nc(-c3cnccn3)no2)C1. The Morgan fingerprint density at radius 1 is 1.24 bits per heavy atom. The van der Waals surface area contributed by atoms with E-state index in [1.807, 2.05) is 0 Å². The van der Waals surface area contributed by atoms with Crippen molar-refractivity contribution < 1.29 is 13.7 Å². The number of amides is 1. The molecule has 0 aliphatic carbocycles. The van der Waals surface area contributed by atoms with Gasteiger partial charge < -0.3 is 9.42 Å². The Hall–Kier alpha value is -3.16. The maximum absolute atomic E-state index is 12.9. The molecule has 0 unspecified atom stereocenters. The first kappa shape index (κ1) is 15.4. The summed E-state index contributed by atoms with van der Waals surface area (Å²) in [6, 6.07) is 5.95. The second-order valence-corrected chi connectivity index (χ2v) is 5.85. The number of likely N-dealkylation sites (tertiary alicyclic amines) is 1. The zero-order valence-corrected chi connectivity index (χ0v) is 13.2. The van der Waals surface area contributed by atoms with Crippen molar-refractivity contribution >= 4 is 5.91 Å². The third-order valence-corrected chi connectivity index (χ3v) is 4.09. The van der Waals surface area contributed by atoms with Gasteiger partial charge in [-0.2, -0.15) is 4.98 Å². The molecular formula is C17H14FN5O2. The molecule has 1 fully saturated rings. The standard InChI is InChI=1S/C17H14FN5O2/c18-13-3-1-11(2-4-13)7-15(24)23-9-12(10-23)17-21-16(22-25-17)14-8-19-5-6-20-14/h1-6,8,12H,7,9-10H2. The highest BCUT2D eigenvalue weighted by atomic mass is 19.1. The van der Waals surface area contributed by atoms with Gasteiger partial charge in [-0.25, -0.2) is 9.37 Å². The van der Waals surface area contributed by atoms with Crippen LogP contribution in [0.2, 0.25) is 0 Å². The molecular weight excluding hydrogens is 325 g/mol. The molecule has 126 valence electrons. The van der Waals surface area contributed by atoms with Crippen LogP contribution >= 0.6 is 0 Å². The molecule has 0 saturated carbocycles. The first-order valence-corrected chi connectivity index (χ1v) is 7.81. The Morgan fingerprint density at radius 2 is 2.04 bits per heavy atom. The monoisotopic (exact) mass is 339 g/mol. The van der Waals surface area contributed by atoms with Crippen molar-refractivity contribution in [1.29, 1.82) is 0 Å². The number of carbonyl (C=O) groups excluding carboxylic acids is 1. The second kappa shape index (κ2) is 6.39. The van der Waals surface area contributed by atoms with E-state index in [-0.39, 0.29) is 24.1 Å². The summed E-state index contributed by atoms with van der Waals surface area (Å²) in [5, 5.41) is 3.91. The van der Waals surface area contributed by atoms with E-state index < -0.39 is 0 Å². The molecule has 0 spiro atoms. The van der Waals surface area contributed by atoms with E-state index in [2.05, 4.69) is 20.1 Å². The molecule has 1 aromatic carbocycles. The van der Waals surface area contributed by atoms with Crippen LogP contribution in [0.25, 0.3) is 11.5 Å². The molecule has 0 N–H and O–H groups in total. The molecule has 1 aliphatic heterocycles. The number of halogens is 1. The van der Waals surface area contributed by atoms with Crippen molar-refractivity contribution in [3.8, 4) is 11.5 Å². The minimum absolute atomic E-state index is 0.00322. The topological polar surface area (TPSA) is 85.0 Å². The number of rotatable bonds is 4. The number of hydrogen-bond donors (Lipinski definition) is 0.